The predicted molar refractivity (Wildman–Crippen MR) is 96.2 cm³/mol. The van der Waals surface area contributed by atoms with E-state index >= 15 is 0 Å². The van der Waals surface area contributed by atoms with Crippen molar-refractivity contribution in [3.63, 3.8) is 0 Å². The predicted octanol–water partition coefficient (Wildman–Crippen LogP) is 2.56. The minimum absolute atomic E-state index is 0.575. The fraction of sp³-hybridized carbons (Fsp3) is 0.526. The molecule has 1 aliphatic carbocycles. The van der Waals surface area contributed by atoms with Gasteiger partial charge >= 0.3 is 0 Å². The van der Waals surface area contributed by atoms with Gasteiger partial charge < -0.3 is 9.80 Å². The van der Waals surface area contributed by atoms with E-state index in [1.165, 1.54) is 43.6 Å². The molecule has 3 heterocycles. The van der Waals surface area contributed by atoms with Crippen LogP contribution in [0.1, 0.15) is 30.5 Å². The fourth-order valence-electron chi connectivity index (χ4n) is 3.89. The molecular weight excluding hydrogens is 298 g/mol. The molecule has 2 aliphatic rings. The normalized spacial score (nSPS) is 18.6. The first kappa shape index (κ1) is 15.5. The summed E-state index contributed by atoms with van der Waals surface area (Å²) in [7, 11) is 4.42. The Labute approximate surface area is 143 Å². The number of rotatable bonds is 3. The average molecular weight is 323 g/mol. The van der Waals surface area contributed by atoms with Crippen LogP contribution in [-0.2, 0) is 12.8 Å². The van der Waals surface area contributed by atoms with Crippen LogP contribution in [0.5, 0.6) is 0 Å². The molecule has 2 aromatic heterocycles. The quantitative estimate of drug-likeness (QED) is 0.868. The number of piperidine rings is 1. The van der Waals surface area contributed by atoms with E-state index < -0.39 is 0 Å². The van der Waals surface area contributed by atoms with Gasteiger partial charge in [0.05, 0.1) is 0 Å². The Morgan fingerprint density at radius 1 is 1.08 bits per heavy atom. The molecule has 1 fully saturated rings. The van der Waals surface area contributed by atoms with Gasteiger partial charge in [0, 0.05) is 42.3 Å². The number of anilines is 1. The monoisotopic (exact) mass is 323 g/mol. The van der Waals surface area contributed by atoms with E-state index in [4.69, 9.17) is 9.97 Å². The van der Waals surface area contributed by atoms with Crippen LogP contribution in [0.15, 0.2) is 24.5 Å². The van der Waals surface area contributed by atoms with Crippen LogP contribution in [0.4, 0.5) is 5.82 Å². The van der Waals surface area contributed by atoms with Crippen LogP contribution < -0.4 is 4.90 Å². The van der Waals surface area contributed by atoms with Crippen molar-refractivity contribution in [1.82, 2.24) is 19.9 Å². The van der Waals surface area contributed by atoms with Gasteiger partial charge in [-0.2, -0.15) is 0 Å². The van der Waals surface area contributed by atoms with E-state index in [1.54, 1.807) is 0 Å². The zero-order valence-corrected chi connectivity index (χ0v) is 14.6. The van der Waals surface area contributed by atoms with Crippen molar-refractivity contribution in [3.8, 4) is 11.4 Å². The van der Waals surface area contributed by atoms with Gasteiger partial charge in [-0.1, -0.05) is 0 Å². The summed E-state index contributed by atoms with van der Waals surface area (Å²) in [5, 5.41) is 0. The van der Waals surface area contributed by atoms with Gasteiger partial charge in [-0.25, -0.2) is 9.97 Å². The largest absolute Gasteiger partial charge is 0.356 e. The molecule has 2 aromatic rings. The maximum Gasteiger partial charge on any atom is 0.161 e. The summed E-state index contributed by atoms with van der Waals surface area (Å²) in [5.41, 5.74) is 3.67. The fourth-order valence-corrected chi connectivity index (χ4v) is 3.89. The summed E-state index contributed by atoms with van der Waals surface area (Å²) in [4.78, 5) is 18.8. The second-order valence-corrected chi connectivity index (χ2v) is 7.03. The Bertz CT molecular complexity index is 707. The molecule has 24 heavy (non-hydrogen) atoms. The zero-order chi connectivity index (χ0) is 16.5. The Morgan fingerprint density at radius 2 is 1.83 bits per heavy atom. The lowest BCUT2D eigenvalue weighted by Gasteiger charge is -2.36. The lowest BCUT2D eigenvalue weighted by atomic mass is 10.0. The number of nitrogens with zero attached hydrogens (tertiary/aromatic N) is 5. The van der Waals surface area contributed by atoms with Crippen molar-refractivity contribution in [3.05, 3.63) is 35.8 Å². The molecule has 0 bridgehead atoms. The maximum absolute atomic E-state index is 4.98. The summed E-state index contributed by atoms with van der Waals surface area (Å²) in [6.45, 7) is 2.33. The van der Waals surface area contributed by atoms with Crippen molar-refractivity contribution in [2.75, 3.05) is 32.1 Å². The number of likely N-dealkylation sites (tertiary alicyclic amines) is 1. The van der Waals surface area contributed by atoms with Gasteiger partial charge in [0.2, 0.25) is 0 Å². The van der Waals surface area contributed by atoms with Gasteiger partial charge in [0.1, 0.15) is 5.82 Å². The molecule has 0 spiro atoms. The minimum Gasteiger partial charge on any atom is -0.356 e. The third-order valence-electron chi connectivity index (χ3n) is 5.42. The molecule has 126 valence electrons. The molecule has 0 amide bonds. The molecule has 0 unspecified atom stereocenters. The van der Waals surface area contributed by atoms with E-state index in [0.29, 0.717) is 6.04 Å². The molecule has 1 aliphatic heterocycles. The molecule has 0 radical (unpaired) electrons. The van der Waals surface area contributed by atoms with Crippen molar-refractivity contribution in [2.24, 2.45) is 0 Å². The molecule has 0 atom stereocenters. The summed E-state index contributed by atoms with van der Waals surface area (Å²) in [6, 6.07) is 4.57. The molecular formula is C19H25N5. The van der Waals surface area contributed by atoms with Crippen LogP contribution in [0.25, 0.3) is 11.4 Å². The van der Waals surface area contributed by atoms with E-state index in [9.17, 15) is 0 Å². The number of hydrogen-bond donors (Lipinski definition) is 0. The number of fused-ring (bicyclic) bond motifs is 1. The topological polar surface area (TPSA) is 45.2 Å². The first-order chi connectivity index (χ1) is 11.7. The average Bonchev–Trinajstić information content (AvgIpc) is 3.10. The van der Waals surface area contributed by atoms with E-state index in [-0.39, 0.29) is 0 Å². The van der Waals surface area contributed by atoms with Crippen LogP contribution in [0.2, 0.25) is 0 Å². The van der Waals surface area contributed by atoms with Crippen molar-refractivity contribution >= 4 is 5.82 Å². The first-order valence-corrected chi connectivity index (χ1v) is 8.94. The van der Waals surface area contributed by atoms with Gasteiger partial charge in [0.25, 0.3) is 0 Å². The molecule has 5 heteroatoms. The highest BCUT2D eigenvalue weighted by atomic mass is 15.2. The summed E-state index contributed by atoms with van der Waals surface area (Å²) < 4.78 is 0. The lowest BCUT2D eigenvalue weighted by Crippen LogP contribution is -2.42. The highest BCUT2D eigenvalue weighted by molar-refractivity contribution is 5.61. The van der Waals surface area contributed by atoms with Crippen molar-refractivity contribution < 1.29 is 0 Å². The second-order valence-electron chi connectivity index (χ2n) is 7.03. The third-order valence-corrected chi connectivity index (χ3v) is 5.42. The first-order valence-electron chi connectivity index (χ1n) is 8.94. The van der Waals surface area contributed by atoms with Gasteiger partial charge in [-0.05, 0) is 64.4 Å². The Morgan fingerprint density at radius 3 is 2.58 bits per heavy atom. The molecule has 4 rings (SSSR count). The number of pyridine rings is 1. The SMILES string of the molecule is CN1CCC(N(C)c2nc(-c3ccncc3)nc3c2CCC3)CC1. The van der Waals surface area contributed by atoms with Crippen molar-refractivity contribution in [2.45, 2.75) is 38.1 Å². The van der Waals surface area contributed by atoms with Crippen LogP contribution >= 0.6 is 0 Å². The zero-order valence-electron chi connectivity index (χ0n) is 14.6. The highest BCUT2D eigenvalue weighted by Crippen LogP contribution is 2.32. The lowest BCUT2D eigenvalue weighted by molar-refractivity contribution is 0.252. The summed E-state index contributed by atoms with van der Waals surface area (Å²) >= 11 is 0. The Balaban J connectivity index is 1.70. The van der Waals surface area contributed by atoms with Crippen molar-refractivity contribution in [1.29, 1.82) is 0 Å². The Hall–Kier alpha value is -2.01. The highest BCUT2D eigenvalue weighted by Gasteiger charge is 2.27. The van der Waals surface area contributed by atoms with Gasteiger partial charge in [-0.3, -0.25) is 4.98 Å². The molecule has 0 aromatic carbocycles. The number of hydrogen-bond acceptors (Lipinski definition) is 5. The van der Waals surface area contributed by atoms with Crippen LogP contribution in [0.3, 0.4) is 0 Å². The molecule has 0 saturated carbocycles. The van der Waals surface area contributed by atoms with Gasteiger partial charge in [-0.15, -0.1) is 0 Å². The standard InChI is InChI=1S/C19H25N5/c1-23-12-8-15(9-13-23)24(2)19-16-4-3-5-17(16)21-18(22-19)14-6-10-20-11-7-14/h6-7,10-11,15H,3-5,8-9,12-13H2,1-2H3. The Kier molecular flexibility index (Phi) is 4.19. The minimum atomic E-state index is 0.575. The van der Waals surface area contributed by atoms with E-state index in [1.807, 2.05) is 24.5 Å². The molecule has 1 saturated heterocycles. The summed E-state index contributed by atoms with van der Waals surface area (Å²) in [6.07, 6.45) is 9.41. The number of aryl methyl sites for hydroxylation is 1. The number of aromatic nitrogens is 3. The summed E-state index contributed by atoms with van der Waals surface area (Å²) in [5.74, 6) is 1.99. The molecule has 0 N–H and O–H groups in total. The maximum atomic E-state index is 4.98. The van der Waals surface area contributed by atoms with Crippen LogP contribution in [-0.4, -0.2) is 53.1 Å². The van der Waals surface area contributed by atoms with Crippen LogP contribution in [0, 0.1) is 0 Å². The third kappa shape index (κ3) is 2.88. The van der Waals surface area contributed by atoms with E-state index in [2.05, 4.69) is 28.9 Å². The second kappa shape index (κ2) is 6.48. The molecule has 5 nitrogen and oxygen atoms in total. The van der Waals surface area contributed by atoms with E-state index in [0.717, 1.165) is 30.0 Å². The van der Waals surface area contributed by atoms with Gasteiger partial charge in [0.15, 0.2) is 5.82 Å². The smallest absolute Gasteiger partial charge is 0.161 e.